The van der Waals surface area contributed by atoms with E-state index < -0.39 is 5.91 Å². The normalized spacial score (nSPS) is 12.7. The van der Waals surface area contributed by atoms with Gasteiger partial charge >= 0.3 is 0 Å². The van der Waals surface area contributed by atoms with Crippen LogP contribution in [-0.4, -0.2) is 25.0 Å². The van der Waals surface area contributed by atoms with Gasteiger partial charge in [-0.25, -0.2) is 0 Å². The lowest BCUT2D eigenvalue weighted by Crippen LogP contribution is -2.17. The molecular weight excluding hydrogens is 336 g/mol. The number of amides is 2. The summed E-state index contributed by atoms with van der Waals surface area (Å²) in [5.41, 5.74) is 1.40. The van der Waals surface area contributed by atoms with Crippen molar-refractivity contribution < 1.29 is 23.5 Å². The Morgan fingerprint density at radius 2 is 1.73 bits per heavy atom. The molecule has 1 aromatic heterocycles. The van der Waals surface area contributed by atoms with Crippen molar-refractivity contribution in [3.8, 4) is 11.5 Å². The van der Waals surface area contributed by atoms with Crippen LogP contribution in [0, 0.1) is 0 Å². The second-order valence-corrected chi connectivity index (χ2v) is 5.80. The lowest BCUT2D eigenvalue weighted by molar-refractivity contribution is -0.114. The van der Waals surface area contributed by atoms with Gasteiger partial charge in [0, 0.05) is 24.1 Å². The van der Waals surface area contributed by atoms with Crippen molar-refractivity contribution >= 4 is 34.2 Å². The maximum Gasteiger partial charge on any atom is 0.293 e. The molecule has 2 heterocycles. The molecule has 132 valence electrons. The minimum atomic E-state index is -0.471. The maximum atomic E-state index is 12.7. The van der Waals surface area contributed by atoms with Crippen LogP contribution in [-0.2, 0) is 4.79 Å². The maximum absolute atomic E-state index is 12.7. The molecule has 2 aromatic carbocycles. The number of furan rings is 1. The molecule has 0 unspecified atom stereocenters. The molecule has 2 amide bonds. The van der Waals surface area contributed by atoms with Crippen molar-refractivity contribution in [1.82, 2.24) is 0 Å². The number of carbonyl (C=O) groups is 2. The van der Waals surface area contributed by atoms with Gasteiger partial charge in [-0.15, -0.1) is 0 Å². The highest BCUT2D eigenvalue weighted by atomic mass is 16.6. The summed E-state index contributed by atoms with van der Waals surface area (Å²) >= 11 is 0. The topological polar surface area (TPSA) is 89.8 Å². The molecule has 0 atom stereocenters. The molecule has 0 aliphatic carbocycles. The third-order valence-corrected chi connectivity index (χ3v) is 3.90. The quantitative estimate of drug-likeness (QED) is 0.754. The van der Waals surface area contributed by atoms with Crippen LogP contribution in [0.2, 0.25) is 0 Å². The zero-order chi connectivity index (χ0) is 18.1. The van der Waals surface area contributed by atoms with Crippen LogP contribution < -0.4 is 20.1 Å². The second kappa shape index (κ2) is 6.44. The number of ether oxygens (including phenoxy) is 2. The number of benzene rings is 2. The summed E-state index contributed by atoms with van der Waals surface area (Å²) in [6, 6.07) is 12.3. The minimum Gasteiger partial charge on any atom is -0.486 e. The highest BCUT2D eigenvalue weighted by Gasteiger charge is 2.22. The Balaban J connectivity index is 1.67. The van der Waals surface area contributed by atoms with E-state index in [2.05, 4.69) is 10.6 Å². The van der Waals surface area contributed by atoms with Gasteiger partial charge in [0.1, 0.15) is 24.5 Å². The third-order valence-electron chi connectivity index (χ3n) is 3.90. The fraction of sp³-hybridized carbons (Fsp3) is 0.158. The van der Waals surface area contributed by atoms with Gasteiger partial charge in [-0.1, -0.05) is 12.1 Å². The summed E-state index contributed by atoms with van der Waals surface area (Å²) in [6.45, 7) is 2.34. The number of para-hydroxylation sites is 1. The Hall–Kier alpha value is -3.48. The Morgan fingerprint density at radius 1 is 0.962 bits per heavy atom. The standard InChI is InChI=1S/C19H16N2O5/c1-11(22)20-17-13-4-2-3-5-14(13)26-18(17)19(23)21-12-6-7-15-16(10-12)25-9-8-24-15/h2-7,10H,8-9H2,1H3,(H,20,22)(H,21,23). The fourth-order valence-electron chi connectivity index (χ4n) is 2.81. The summed E-state index contributed by atoms with van der Waals surface area (Å²) in [7, 11) is 0. The van der Waals surface area contributed by atoms with Gasteiger partial charge in [-0.05, 0) is 24.3 Å². The molecule has 1 aliphatic heterocycles. The van der Waals surface area contributed by atoms with Gasteiger partial charge in [0.25, 0.3) is 5.91 Å². The lowest BCUT2D eigenvalue weighted by Gasteiger charge is -2.18. The summed E-state index contributed by atoms with van der Waals surface area (Å²) in [4.78, 5) is 24.3. The number of fused-ring (bicyclic) bond motifs is 2. The van der Waals surface area contributed by atoms with Crippen LogP contribution >= 0.6 is 0 Å². The molecule has 0 saturated heterocycles. The molecular formula is C19H16N2O5. The first-order valence-corrected chi connectivity index (χ1v) is 8.12. The summed E-state index contributed by atoms with van der Waals surface area (Å²) in [5, 5.41) is 6.10. The number of nitrogens with one attached hydrogen (secondary N) is 2. The first-order valence-electron chi connectivity index (χ1n) is 8.12. The van der Waals surface area contributed by atoms with E-state index >= 15 is 0 Å². The van der Waals surface area contributed by atoms with E-state index in [1.807, 2.05) is 6.07 Å². The molecule has 7 nitrogen and oxygen atoms in total. The van der Waals surface area contributed by atoms with Crippen LogP contribution in [0.1, 0.15) is 17.5 Å². The molecule has 0 bridgehead atoms. The second-order valence-electron chi connectivity index (χ2n) is 5.80. The molecule has 26 heavy (non-hydrogen) atoms. The van der Waals surface area contributed by atoms with Crippen molar-refractivity contribution in [2.24, 2.45) is 0 Å². The predicted molar refractivity (Wildman–Crippen MR) is 95.9 cm³/mol. The Morgan fingerprint density at radius 3 is 2.54 bits per heavy atom. The average Bonchev–Trinajstić information content (AvgIpc) is 3.00. The van der Waals surface area contributed by atoms with Gasteiger partial charge in [-0.2, -0.15) is 0 Å². The Labute approximate surface area is 148 Å². The monoisotopic (exact) mass is 352 g/mol. The first kappa shape index (κ1) is 16.0. The number of rotatable bonds is 3. The average molecular weight is 352 g/mol. The Bertz CT molecular complexity index is 1010. The zero-order valence-corrected chi connectivity index (χ0v) is 14.0. The number of hydrogen-bond acceptors (Lipinski definition) is 5. The molecule has 1 aliphatic rings. The van der Waals surface area contributed by atoms with E-state index in [9.17, 15) is 9.59 Å². The molecule has 2 N–H and O–H groups in total. The van der Waals surface area contributed by atoms with Crippen LogP contribution in [0.5, 0.6) is 11.5 Å². The smallest absolute Gasteiger partial charge is 0.293 e. The van der Waals surface area contributed by atoms with Crippen molar-refractivity contribution in [1.29, 1.82) is 0 Å². The number of hydrogen-bond donors (Lipinski definition) is 2. The molecule has 0 fully saturated rings. The van der Waals surface area contributed by atoms with Gasteiger partial charge in [0.05, 0.1) is 0 Å². The van der Waals surface area contributed by atoms with E-state index in [1.54, 1.807) is 36.4 Å². The van der Waals surface area contributed by atoms with Gasteiger partial charge < -0.3 is 24.5 Å². The van der Waals surface area contributed by atoms with E-state index in [4.69, 9.17) is 13.9 Å². The van der Waals surface area contributed by atoms with Crippen LogP contribution in [0.15, 0.2) is 46.9 Å². The van der Waals surface area contributed by atoms with Crippen molar-refractivity contribution in [3.63, 3.8) is 0 Å². The van der Waals surface area contributed by atoms with Crippen molar-refractivity contribution in [2.75, 3.05) is 23.8 Å². The Kier molecular flexibility index (Phi) is 3.96. The van der Waals surface area contributed by atoms with E-state index in [0.29, 0.717) is 47.1 Å². The largest absolute Gasteiger partial charge is 0.486 e. The SMILES string of the molecule is CC(=O)Nc1c(C(=O)Nc2ccc3c(c2)OCCO3)oc2ccccc12. The molecule has 0 saturated carbocycles. The van der Waals surface area contributed by atoms with Crippen LogP contribution in [0.25, 0.3) is 11.0 Å². The minimum absolute atomic E-state index is 0.0382. The lowest BCUT2D eigenvalue weighted by atomic mass is 10.2. The highest BCUT2D eigenvalue weighted by molar-refractivity contribution is 6.14. The number of carbonyl (C=O) groups excluding carboxylic acids is 2. The summed E-state index contributed by atoms with van der Waals surface area (Å²) < 4.78 is 16.7. The third kappa shape index (κ3) is 2.95. The van der Waals surface area contributed by atoms with Crippen molar-refractivity contribution in [2.45, 2.75) is 6.92 Å². The molecule has 3 aromatic rings. The van der Waals surface area contributed by atoms with Crippen molar-refractivity contribution in [3.05, 3.63) is 48.2 Å². The van der Waals surface area contributed by atoms with Crippen LogP contribution in [0.3, 0.4) is 0 Å². The first-order chi connectivity index (χ1) is 12.6. The summed E-state index contributed by atoms with van der Waals surface area (Å²) in [5.74, 6) is 0.487. The van der Waals surface area contributed by atoms with Gasteiger partial charge in [-0.3, -0.25) is 9.59 Å². The fourth-order valence-corrected chi connectivity index (χ4v) is 2.81. The molecule has 4 rings (SSSR count). The van der Waals surface area contributed by atoms with Crippen LogP contribution in [0.4, 0.5) is 11.4 Å². The highest BCUT2D eigenvalue weighted by Crippen LogP contribution is 2.34. The van der Waals surface area contributed by atoms with E-state index in [-0.39, 0.29) is 11.7 Å². The molecule has 0 spiro atoms. The van der Waals surface area contributed by atoms with E-state index in [1.165, 1.54) is 6.92 Å². The predicted octanol–water partition coefficient (Wildman–Crippen LogP) is 3.41. The van der Waals surface area contributed by atoms with Gasteiger partial charge in [0.2, 0.25) is 11.7 Å². The van der Waals surface area contributed by atoms with E-state index in [0.717, 1.165) is 0 Å². The number of anilines is 2. The summed E-state index contributed by atoms with van der Waals surface area (Å²) in [6.07, 6.45) is 0. The van der Waals surface area contributed by atoms with Gasteiger partial charge in [0.15, 0.2) is 11.5 Å². The zero-order valence-electron chi connectivity index (χ0n) is 14.0. The molecule has 0 radical (unpaired) electrons. The molecule has 7 heteroatoms.